The Kier molecular flexibility index (Phi) is 1.88. The van der Waals surface area contributed by atoms with Gasteiger partial charge in [-0.3, -0.25) is 0 Å². The first kappa shape index (κ1) is 8.72. The molecule has 0 saturated heterocycles. The summed E-state index contributed by atoms with van der Waals surface area (Å²) in [7, 11) is 0. The Morgan fingerprint density at radius 2 is 2.13 bits per heavy atom. The van der Waals surface area contributed by atoms with Crippen molar-refractivity contribution in [1.82, 2.24) is 4.98 Å². The summed E-state index contributed by atoms with van der Waals surface area (Å²) in [4.78, 5) is 3.92. The van der Waals surface area contributed by atoms with E-state index in [-0.39, 0.29) is 0 Å². The fraction of sp³-hybridized carbons (Fsp3) is 0.500. The molecule has 0 radical (unpaired) electrons. The van der Waals surface area contributed by atoms with Crippen molar-refractivity contribution in [2.24, 2.45) is 11.8 Å². The topological polar surface area (TPSA) is 45.9 Å². The van der Waals surface area contributed by atoms with E-state index in [0.717, 1.165) is 17.6 Å². The van der Waals surface area contributed by atoms with E-state index in [4.69, 9.17) is 10.00 Å². The van der Waals surface area contributed by atoms with Gasteiger partial charge in [0.05, 0.1) is 6.10 Å². The third-order valence-electron chi connectivity index (χ3n) is 3.35. The number of aromatic nitrogens is 1. The molecule has 2 aliphatic rings. The van der Waals surface area contributed by atoms with Crippen molar-refractivity contribution in [3.05, 3.63) is 24.0 Å². The van der Waals surface area contributed by atoms with Gasteiger partial charge in [0.1, 0.15) is 17.5 Å². The minimum atomic E-state index is 0.364. The summed E-state index contributed by atoms with van der Waals surface area (Å²) in [6, 6.07) is 5.56. The molecule has 3 heteroatoms. The molecule has 2 unspecified atom stereocenters. The van der Waals surface area contributed by atoms with Crippen LogP contribution in [0.2, 0.25) is 0 Å². The smallest absolute Gasteiger partial charge is 0.144 e. The highest BCUT2D eigenvalue weighted by atomic mass is 16.5. The maximum atomic E-state index is 8.70. The van der Waals surface area contributed by atoms with Gasteiger partial charge in [0, 0.05) is 12.3 Å². The van der Waals surface area contributed by atoms with Crippen LogP contribution in [0.1, 0.15) is 25.0 Å². The summed E-state index contributed by atoms with van der Waals surface area (Å²) in [5.74, 6) is 2.63. The Balaban J connectivity index is 1.68. The zero-order chi connectivity index (χ0) is 10.3. The zero-order valence-electron chi connectivity index (χ0n) is 8.39. The molecule has 3 rings (SSSR count). The molecular weight excluding hydrogens is 188 g/mol. The molecule has 0 aliphatic heterocycles. The van der Waals surface area contributed by atoms with Crippen molar-refractivity contribution in [2.75, 3.05) is 0 Å². The van der Waals surface area contributed by atoms with Gasteiger partial charge in [-0.25, -0.2) is 4.98 Å². The second kappa shape index (κ2) is 3.23. The summed E-state index contributed by atoms with van der Waals surface area (Å²) in [5, 5.41) is 8.70. The number of hydrogen-bond donors (Lipinski definition) is 0. The number of ether oxygens (including phenoxy) is 1. The van der Waals surface area contributed by atoms with E-state index in [1.54, 1.807) is 12.3 Å². The predicted octanol–water partition coefficient (Wildman–Crippen LogP) is 2.13. The average molecular weight is 200 g/mol. The molecule has 2 fully saturated rings. The Bertz CT molecular complexity index is 414. The van der Waals surface area contributed by atoms with Gasteiger partial charge in [-0.15, -0.1) is 0 Å². The first-order valence-electron chi connectivity index (χ1n) is 5.38. The molecule has 0 bridgehead atoms. The van der Waals surface area contributed by atoms with Crippen LogP contribution in [0.5, 0.6) is 5.75 Å². The van der Waals surface area contributed by atoms with E-state index >= 15 is 0 Å². The number of nitrogens with zero attached hydrogens (tertiary/aromatic N) is 2. The van der Waals surface area contributed by atoms with Gasteiger partial charge in [0.2, 0.25) is 0 Å². The number of nitriles is 1. The molecule has 0 aromatic carbocycles. The van der Waals surface area contributed by atoms with E-state index in [1.807, 2.05) is 12.1 Å². The van der Waals surface area contributed by atoms with Gasteiger partial charge in [-0.05, 0) is 37.2 Å². The van der Waals surface area contributed by atoms with Crippen LogP contribution in [-0.2, 0) is 0 Å². The van der Waals surface area contributed by atoms with Crippen molar-refractivity contribution >= 4 is 0 Å². The van der Waals surface area contributed by atoms with Crippen LogP contribution < -0.4 is 4.74 Å². The predicted molar refractivity (Wildman–Crippen MR) is 54.2 cm³/mol. The SMILES string of the molecule is N#Cc1cc(OC2CC3CC3C2)ccn1. The standard InChI is InChI=1S/C12H12N2O/c13-7-10-6-11(1-2-14-10)15-12-4-8-3-9(8)5-12/h1-2,6,8-9,12H,3-5H2. The molecule has 3 nitrogen and oxygen atoms in total. The number of fused-ring (bicyclic) bond motifs is 1. The Morgan fingerprint density at radius 3 is 2.87 bits per heavy atom. The van der Waals surface area contributed by atoms with Crippen LogP contribution in [0.25, 0.3) is 0 Å². The van der Waals surface area contributed by atoms with Gasteiger partial charge < -0.3 is 4.74 Å². The largest absolute Gasteiger partial charge is 0.490 e. The number of hydrogen-bond acceptors (Lipinski definition) is 3. The number of pyridine rings is 1. The van der Waals surface area contributed by atoms with Crippen molar-refractivity contribution in [3.8, 4) is 11.8 Å². The maximum Gasteiger partial charge on any atom is 0.144 e. The molecule has 0 spiro atoms. The lowest BCUT2D eigenvalue weighted by atomic mass is 10.2. The normalized spacial score (nSPS) is 31.8. The summed E-state index contributed by atoms with van der Waals surface area (Å²) in [5.41, 5.74) is 0.427. The lowest BCUT2D eigenvalue weighted by molar-refractivity contribution is 0.194. The van der Waals surface area contributed by atoms with Crippen LogP contribution in [0, 0.1) is 23.2 Å². The van der Waals surface area contributed by atoms with Gasteiger partial charge in [0.15, 0.2) is 0 Å². The highest BCUT2D eigenvalue weighted by molar-refractivity contribution is 5.30. The zero-order valence-corrected chi connectivity index (χ0v) is 8.39. The second-order valence-corrected chi connectivity index (χ2v) is 4.46. The van der Waals surface area contributed by atoms with Gasteiger partial charge >= 0.3 is 0 Å². The van der Waals surface area contributed by atoms with Crippen LogP contribution in [-0.4, -0.2) is 11.1 Å². The monoisotopic (exact) mass is 200 g/mol. The van der Waals surface area contributed by atoms with E-state index in [1.165, 1.54) is 19.3 Å². The first-order valence-corrected chi connectivity index (χ1v) is 5.38. The highest BCUT2D eigenvalue weighted by Gasteiger charge is 2.46. The lowest BCUT2D eigenvalue weighted by Gasteiger charge is -2.14. The summed E-state index contributed by atoms with van der Waals surface area (Å²) in [6.07, 6.45) is 5.77. The van der Waals surface area contributed by atoms with Crippen LogP contribution in [0.3, 0.4) is 0 Å². The maximum absolute atomic E-state index is 8.70. The molecule has 1 heterocycles. The van der Waals surface area contributed by atoms with Crippen molar-refractivity contribution in [2.45, 2.75) is 25.4 Å². The van der Waals surface area contributed by atoms with E-state index < -0.39 is 0 Å². The van der Waals surface area contributed by atoms with Gasteiger partial charge in [-0.1, -0.05) is 0 Å². The molecule has 2 saturated carbocycles. The Morgan fingerprint density at radius 1 is 1.33 bits per heavy atom. The first-order chi connectivity index (χ1) is 7.35. The quantitative estimate of drug-likeness (QED) is 0.734. The summed E-state index contributed by atoms with van der Waals surface area (Å²) in [6.45, 7) is 0. The molecule has 76 valence electrons. The molecule has 0 amide bonds. The Hall–Kier alpha value is -1.56. The van der Waals surface area contributed by atoms with E-state index in [2.05, 4.69) is 4.98 Å². The van der Waals surface area contributed by atoms with Crippen LogP contribution in [0.4, 0.5) is 0 Å². The van der Waals surface area contributed by atoms with Gasteiger partial charge in [0.25, 0.3) is 0 Å². The highest BCUT2D eigenvalue weighted by Crippen LogP contribution is 2.52. The van der Waals surface area contributed by atoms with E-state index in [9.17, 15) is 0 Å². The summed E-state index contributed by atoms with van der Waals surface area (Å²) < 4.78 is 5.83. The molecule has 1 aromatic heterocycles. The minimum absolute atomic E-state index is 0.364. The lowest BCUT2D eigenvalue weighted by Crippen LogP contribution is -2.13. The van der Waals surface area contributed by atoms with Crippen LogP contribution in [0.15, 0.2) is 18.3 Å². The van der Waals surface area contributed by atoms with Crippen molar-refractivity contribution in [3.63, 3.8) is 0 Å². The summed E-state index contributed by atoms with van der Waals surface area (Å²) >= 11 is 0. The van der Waals surface area contributed by atoms with Crippen LogP contribution >= 0.6 is 0 Å². The van der Waals surface area contributed by atoms with Gasteiger partial charge in [-0.2, -0.15) is 5.26 Å². The second-order valence-electron chi connectivity index (χ2n) is 4.46. The van der Waals surface area contributed by atoms with Crippen molar-refractivity contribution < 1.29 is 4.74 Å². The molecule has 2 atom stereocenters. The Labute approximate surface area is 88.7 Å². The molecular formula is C12H12N2O. The average Bonchev–Trinajstić information content (AvgIpc) is 2.87. The van der Waals surface area contributed by atoms with Crippen molar-refractivity contribution in [1.29, 1.82) is 5.26 Å². The molecule has 1 aromatic rings. The fourth-order valence-corrected chi connectivity index (χ4v) is 2.49. The molecule has 0 N–H and O–H groups in total. The third kappa shape index (κ3) is 1.68. The minimum Gasteiger partial charge on any atom is -0.490 e. The fourth-order valence-electron chi connectivity index (χ4n) is 2.49. The third-order valence-corrected chi connectivity index (χ3v) is 3.35. The van der Waals surface area contributed by atoms with E-state index in [0.29, 0.717) is 11.8 Å². The number of rotatable bonds is 2. The molecule has 2 aliphatic carbocycles. The molecule has 15 heavy (non-hydrogen) atoms.